The van der Waals surface area contributed by atoms with Gasteiger partial charge in [0.25, 0.3) is 0 Å². The summed E-state index contributed by atoms with van der Waals surface area (Å²) in [6.07, 6.45) is 3.74. The summed E-state index contributed by atoms with van der Waals surface area (Å²) in [4.78, 5) is 0. The monoisotopic (exact) mass is 282 g/mol. The highest BCUT2D eigenvalue weighted by atomic mass is 19.1. The van der Waals surface area contributed by atoms with Crippen molar-refractivity contribution in [3.63, 3.8) is 0 Å². The van der Waals surface area contributed by atoms with Crippen molar-refractivity contribution in [1.29, 1.82) is 0 Å². The fourth-order valence-corrected chi connectivity index (χ4v) is 4.27. The van der Waals surface area contributed by atoms with Gasteiger partial charge in [0.05, 0.1) is 12.7 Å². The predicted molar refractivity (Wildman–Crippen MR) is 80.6 cm³/mol. The summed E-state index contributed by atoms with van der Waals surface area (Å²) < 4.78 is 19.3. The molecule has 1 saturated carbocycles. The first kappa shape index (κ1) is 13.0. The van der Waals surface area contributed by atoms with Gasteiger partial charge in [0, 0.05) is 11.3 Å². The van der Waals surface area contributed by atoms with Crippen molar-refractivity contribution in [1.82, 2.24) is 0 Å². The summed E-state index contributed by atoms with van der Waals surface area (Å²) in [5.74, 6) is 0.322. The Morgan fingerprint density at radius 2 is 1.76 bits per heavy atom. The third-order valence-corrected chi connectivity index (χ3v) is 5.28. The highest BCUT2D eigenvalue weighted by molar-refractivity contribution is 5.33. The number of halogens is 1. The second-order valence-corrected chi connectivity index (χ2v) is 6.30. The molecule has 1 nitrogen and oxygen atoms in total. The van der Waals surface area contributed by atoms with Gasteiger partial charge in [0.1, 0.15) is 5.82 Å². The fraction of sp³-hybridized carbons (Fsp3) is 0.368. The van der Waals surface area contributed by atoms with E-state index in [1.54, 1.807) is 0 Å². The van der Waals surface area contributed by atoms with Crippen LogP contribution in [0.3, 0.4) is 0 Å². The lowest BCUT2D eigenvalue weighted by atomic mass is 9.72. The normalized spacial score (nSPS) is 31.3. The van der Waals surface area contributed by atoms with Gasteiger partial charge in [0.15, 0.2) is 0 Å². The van der Waals surface area contributed by atoms with Gasteiger partial charge in [-0.1, -0.05) is 48.9 Å². The molecular weight excluding hydrogens is 263 g/mol. The van der Waals surface area contributed by atoms with E-state index in [-0.39, 0.29) is 17.3 Å². The van der Waals surface area contributed by atoms with Crippen LogP contribution in [0.25, 0.3) is 0 Å². The Hall–Kier alpha value is -1.67. The first-order chi connectivity index (χ1) is 10.3. The molecule has 1 saturated heterocycles. The molecular formula is C19H19FO. The summed E-state index contributed by atoms with van der Waals surface area (Å²) in [6.45, 7) is 0.781. The predicted octanol–water partition coefficient (Wildman–Crippen LogP) is 4.64. The maximum absolute atomic E-state index is 13.1. The Morgan fingerprint density at radius 3 is 2.52 bits per heavy atom. The lowest BCUT2D eigenvalue weighted by Crippen LogP contribution is -2.30. The number of hydrogen-bond acceptors (Lipinski definition) is 1. The van der Waals surface area contributed by atoms with Gasteiger partial charge in [-0.15, -0.1) is 0 Å². The van der Waals surface area contributed by atoms with Crippen molar-refractivity contribution in [2.24, 2.45) is 5.92 Å². The van der Waals surface area contributed by atoms with Gasteiger partial charge in [-0.05, 0) is 36.1 Å². The van der Waals surface area contributed by atoms with Crippen molar-refractivity contribution in [3.8, 4) is 0 Å². The van der Waals surface area contributed by atoms with Crippen molar-refractivity contribution in [2.75, 3.05) is 6.61 Å². The highest BCUT2D eigenvalue weighted by Crippen LogP contribution is 2.56. The second kappa shape index (κ2) is 4.96. The standard InChI is InChI=1S/C19H19FO/c20-16-10-8-14(9-11-16)18-17-7-4-12-19(17,13-21-18)15-5-2-1-3-6-15/h1-3,5-6,8-11,17-18H,4,7,12-13H2/t17-,18+,19+/m0/s1. The first-order valence-electron chi connectivity index (χ1n) is 7.72. The van der Waals surface area contributed by atoms with E-state index in [0.717, 1.165) is 12.2 Å². The number of benzene rings is 2. The van der Waals surface area contributed by atoms with Crippen LogP contribution in [0, 0.1) is 11.7 Å². The van der Waals surface area contributed by atoms with Gasteiger partial charge < -0.3 is 4.74 Å². The summed E-state index contributed by atoms with van der Waals surface area (Å²) in [6, 6.07) is 17.6. The van der Waals surface area contributed by atoms with Gasteiger partial charge >= 0.3 is 0 Å². The minimum Gasteiger partial charge on any atom is -0.372 e. The molecule has 0 radical (unpaired) electrons. The fourth-order valence-electron chi connectivity index (χ4n) is 4.27. The quantitative estimate of drug-likeness (QED) is 0.780. The summed E-state index contributed by atoms with van der Waals surface area (Å²) in [7, 11) is 0. The molecule has 108 valence electrons. The maximum atomic E-state index is 13.1. The average molecular weight is 282 g/mol. The van der Waals surface area contributed by atoms with Gasteiger partial charge in [-0.3, -0.25) is 0 Å². The summed E-state index contributed by atoms with van der Waals surface area (Å²) >= 11 is 0. The minimum atomic E-state index is -0.183. The largest absolute Gasteiger partial charge is 0.372 e. The highest BCUT2D eigenvalue weighted by Gasteiger charge is 2.53. The molecule has 0 N–H and O–H groups in total. The average Bonchev–Trinajstić information content (AvgIpc) is 3.09. The van der Waals surface area contributed by atoms with Crippen molar-refractivity contribution in [2.45, 2.75) is 30.8 Å². The number of ether oxygens (including phenoxy) is 1. The molecule has 2 aromatic carbocycles. The van der Waals surface area contributed by atoms with Crippen LogP contribution >= 0.6 is 0 Å². The minimum absolute atomic E-state index is 0.105. The molecule has 2 heteroatoms. The number of rotatable bonds is 2. The van der Waals surface area contributed by atoms with Gasteiger partial charge in [-0.25, -0.2) is 4.39 Å². The zero-order chi connectivity index (χ0) is 14.3. The Labute approximate surface area is 124 Å². The van der Waals surface area contributed by atoms with Crippen LogP contribution in [-0.2, 0) is 10.2 Å². The molecule has 3 atom stereocenters. The smallest absolute Gasteiger partial charge is 0.123 e. The van der Waals surface area contributed by atoms with E-state index in [1.165, 1.54) is 37.0 Å². The zero-order valence-electron chi connectivity index (χ0n) is 12.0. The van der Waals surface area contributed by atoms with Crippen LogP contribution in [0.4, 0.5) is 4.39 Å². The van der Waals surface area contributed by atoms with Crippen molar-refractivity contribution in [3.05, 3.63) is 71.5 Å². The first-order valence-corrected chi connectivity index (χ1v) is 7.72. The lowest BCUT2D eigenvalue weighted by Gasteiger charge is -2.29. The van der Waals surface area contributed by atoms with Gasteiger partial charge in [0.2, 0.25) is 0 Å². The lowest BCUT2D eigenvalue weighted by molar-refractivity contribution is 0.0845. The number of hydrogen-bond donors (Lipinski definition) is 0. The molecule has 0 amide bonds. The van der Waals surface area contributed by atoms with E-state index >= 15 is 0 Å². The molecule has 0 unspecified atom stereocenters. The van der Waals surface area contributed by atoms with E-state index in [2.05, 4.69) is 30.3 Å². The molecule has 1 aliphatic carbocycles. The zero-order valence-corrected chi connectivity index (χ0v) is 12.0. The molecule has 2 aromatic rings. The van der Waals surface area contributed by atoms with Crippen LogP contribution in [0.15, 0.2) is 54.6 Å². The van der Waals surface area contributed by atoms with Crippen molar-refractivity contribution >= 4 is 0 Å². The Balaban J connectivity index is 1.71. The molecule has 0 bridgehead atoms. The van der Waals surface area contributed by atoms with Crippen LogP contribution in [0.2, 0.25) is 0 Å². The topological polar surface area (TPSA) is 9.23 Å². The molecule has 1 heterocycles. The van der Waals surface area contributed by atoms with E-state index in [9.17, 15) is 4.39 Å². The third kappa shape index (κ3) is 2.01. The molecule has 2 fully saturated rings. The van der Waals surface area contributed by atoms with E-state index in [1.807, 2.05) is 12.1 Å². The SMILES string of the molecule is Fc1ccc([C@H]2OC[C@@]3(c4ccccc4)CCC[C@@H]23)cc1. The van der Waals surface area contributed by atoms with Crippen LogP contribution in [0.1, 0.15) is 36.5 Å². The van der Waals surface area contributed by atoms with Crippen LogP contribution in [0.5, 0.6) is 0 Å². The van der Waals surface area contributed by atoms with Crippen LogP contribution in [-0.4, -0.2) is 6.61 Å². The number of fused-ring (bicyclic) bond motifs is 1. The van der Waals surface area contributed by atoms with E-state index < -0.39 is 0 Å². The molecule has 2 aliphatic rings. The summed E-state index contributed by atoms with van der Waals surface area (Å²) in [5.41, 5.74) is 2.67. The summed E-state index contributed by atoms with van der Waals surface area (Å²) in [5, 5.41) is 0. The third-order valence-electron chi connectivity index (χ3n) is 5.28. The molecule has 0 spiro atoms. The molecule has 0 aromatic heterocycles. The Morgan fingerprint density at radius 1 is 1.00 bits per heavy atom. The van der Waals surface area contributed by atoms with E-state index in [0.29, 0.717) is 5.92 Å². The second-order valence-electron chi connectivity index (χ2n) is 6.30. The van der Waals surface area contributed by atoms with Crippen LogP contribution < -0.4 is 0 Å². The molecule has 4 rings (SSSR count). The van der Waals surface area contributed by atoms with Crippen molar-refractivity contribution < 1.29 is 9.13 Å². The van der Waals surface area contributed by atoms with E-state index in [4.69, 9.17) is 4.74 Å². The van der Waals surface area contributed by atoms with Gasteiger partial charge in [-0.2, -0.15) is 0 Å². The maximum Gasteiger partial charge on any atom is 0.123 e. The Kier molecular flexibility index (Phi) is 3.07. The Bertz CT molecular complexity index is 622. The molecule has 21 heavy (non-hydrogen) atoms. The molecule has 1 aliphatic heterocycles.